The molecule has 0 unspecified atom stereocenters. The Morgan fingerprint density at radius 3 is 1.68 bits per heavy atom. The minimum absolute atomic E-state index is 0.101. The Balaban J connectivity index is 1.75. The molecule has 0 aliphatic heterocycles. The monoisotopic (exact) mass is 349 g/mol. The van der Waals surface area contributed by atoms with Crippen molar-refractivity contribution in [3.63, 3.8) is 0 Å². The molecule has 0 radical (unpaired) electrons. The number of hydrogen-bond acceptors (Lipinski definition) is 1. The van der Waals surface area contributed by atoms with Gasteiger partial charge in [0.15, 0.2) is 0 Å². The van der Waals surface area contributed by atoms with Gasteiger partial charge in [-0.1, -0.05) is 109 Å². The smallest absolute Gasteiger partial charge is 0.127 e. The lowest BCUT2D eigenvalue weighted by Gasteiger charge is -2.06. The van der Waals surface area contributed by atoms with Gasteiger partial charge in [0.1, 0.15) is 5.82 Å². The predicted octanol–water partition coefficient (Wildman–Crippen LogP) is 7.40. The van der Waals surface area contributed by atoms with Gasteiger partial charge in [0.05, 0.1) is 0 Å². The van der Waals surface area contributed by atoms with Gasteiger partial charge in [-0.15, -0.1) is 0 Å². The second-order valence-electron chi connectivity index (χ2n) is 7.36. The Kier molecular flexibility index (Phi) is 14.7. The lowest BCUT2D eigenvalue weighted by atomic mass is 10.0. The Bertz CT molecular complexity index is 405. The molecule has 144 valence electrons. The third kappa shape index (κ3) is 13.0. The van der Waals surface area contributed by atoms with Crippen molar-refractivity contribution < 1.29 is 4.39 Å². The molecule has 0 aliphatic carbocycles. The van der Waals surface area contributed by atoms with Gasteiger partial charge in [-0.2, -0.15) is 0 Å². The predicted molar refractivity (Wildman–Crippen MR) is 108 cm³/mol. The maximum Gasteiger partial charge on any atom is 0.127 e. The minimum Gasteiger partial charge on any atom is -0.313 e. The number of unbranched alkanes of at least 4 members (excludes halogenated alkanes) is 13. The molecule has 0 aliphatic rings. The van der Waals surface area contributed by atoms with E-state index in [0.29, 0.717) is 6.54 Å². The topological polar surface area (TPSA) is 12.0 Å². The highest BCUT2D eigenvalue weighted by atomic mass is 19.1. The number of hydrogen-bond donors (Lipinski definition) is 1. The highest BCUT2D eigenvalue weighted by molar-refractivity contribution is 5.16. The van der Waals surface area contributed by atoms with Gasteiger partial charge in [0.25, 0.3) is 0 Å². The van der Waals surface area contributed by atoms with E-state index in [0.717, 1.165) is 12.1 Å². The molecular weight excluding hydrogens is 309 g/mol. The summed E-state index contributed by atoms with van der Waals surface area (Å²) in [6.07, 6.45) is 19.4. The van der Waals surface area contributed by atoms with Crippen LogP contribution in [0.4, 0.5) is 4.39 Å². The van der Waals surface area contributed by atoms with Crippen LogP contribution in [0.3, 0.4) is 0 Å². The second-order valence-corrected chi connectivity index (χ2v) is 7.36. The van der Waals surface area contributed by atoms with Crippen molar-refractivity contribution in [3.05, 3.63) is 35.6 Å². The molecule has 0 spiro atoms. The molecule has 0 atom stereocenters. The first kappa shape index (κ1) is 22.2. The minimum atomic E-state index is -0.101. The van der Waals surface area contributed by atoms with Crippen LogP contribution >= 0.6 is 0 Å². The van der Waals surface area contributed by atoms with Crippen LogP contribution < -0.4 is 5.32 Å². The van der Waals surface area contributed by atoms with Gasteiger partial charge in [-0.25, -0.2) is 4.39 Å². The maximum absolute atomic E-state index is 13.4. The molecule has 0 aromatic heterocycles. The fourth-order valence-electron chi connectivity index (χ4n) is 3.31. The normalized spacial score (nSPS) is 11.1. The third-order valence-corrected chi connectivity index (χ3v) is 4.98. The first-order valence-corrected chi connectivity index (χ1v) is 10.8. The molecule has 1 aromatic carbocycles. The van der Waals surface area contributed by atoms with Crippen molar-refractivity contribution in [1.29, 1.82) is 0 Å². The van der Waals surface area contributed by atoms with E-state index < -0.39 is 0 Å². The van der Waals surface area contributed by atoms with Crippen LogP contribution in [0.15, 0.2) is 24.3 Å². The molecule has 0 saturated heterocycles. The standard InChI is InChI=1S/C23H40FN/c1-2-3-4-5-6-7-8-9-10-11-12-13-14-17-20-25-21-22-18-15-16-19-23(22)24/h15-16,18-19,25H,2-14,17,20-21H2,1H3. The van der Waals surface area contributed by atoms with Crippen molar-refractivity contribution in [2.45, 2.75) is 103 Å². The number of halogens is 1. The van der Waals surface area contributed by atoms with Gasteiger partial charge in [-0.05, 0) is 19.0 Å². The van der Waals surface area contributed by atoms with Crippen LogP contribution in [0, 0.1) is 5.82 Å². The number of rotatable bonds is 17. The van der Waals surface area contributed by atoms with Crippen LogP contribution in [-0.2, 0) is 6.54 Å². The molecule has 0 fully saturated rings. The van der Waals surface area contributed by atoms with E-state index in [9.17, 15) is 4.39 Å². The Labute approximate surface area is 155 Å². The molecule has 0 amide bonds. The van der Waals surface area contributed by atoms with E-state index in [1.807, 2.05) is 12.1 Å². The number of nitrogens with one attached hydrogen (secondary N) is 1. The third-order valence-electron chi connectivity index (χ3n) is 4.98. The SMILES string of the molecule is CCCCCCCCCCCCCCCCNCc1ccccc1F. The lowest BCUT2D eigenvalue weighted by Crippen LogP contribution is -2.15. The highest BCUT2D eigenvalue weighted by Gasteiger charge is 1.99. The lowest BCUT2D eigenvalue weighted by molar-refractivity contribution is 0.527. The molecule has 0 saturated carbocycles. The quantitative estimate of drug-likeness (QED) is 0.289. The molecule has 25 heavy (non-hydrogen) atoms. The van der Waals surface area contributed by atoms with Crippen molar-refractivity contribution in [2.24, 2.45) is 0 Å². The van der Waals surface area contributed by atoms with Gasteiger partial charge in [0, 0.05) is 12.1 Å². The van der Waals surface area contributed by atoms with Gasteiger partial charge < -0.3 is 5.32 Å². The molecule has 1 N–H and O–H groups in total. The van der Waals surface area contributed by atoms with E-state index in [-0.39, 0.29) is 5.82 Å². The summed E-state index contributed by atoms with van der Waals surface area (Å²) in [5.74, 6) is -0.101. The van der Waals surface area contributed by atoms with Gasteiger partial charge >= 0.3 is 0 Å². The molecule has 0 bridgehead atoms. The first-order chi connectivity index (χ1) is 12.3. The number of benzene rings is 1. The van der Waals surface area contributed by atoms with Crippen molar-refractivity contribution in [3.8, 4) is 0 Å². The summed E-state index contributed by atoms with van der Waals surface area (Å²) in [5, 5.41) is 3.35. The van der Waals surface area contributed by atoms with Crippen LogP contribution in [0.25, 0.3) is 0 Å². The molecule has 1 rings (SSSR count). The summed E-state index contributed by atoms with van der Waals surface area (Å²) in [4.78, 5) is 0. The summed E-state index contributed by atoms with van der Waals surface area (Å²) in [7, 11) is 0. The highest BCUT2D eigenvalue weighted by Crippen LogP contribution is 2.13. The summed E-state index contributed by atoms with van der Waals surface area (Å²) in [5.41, 5.74) is 0.771. The summed E-state index contributed by atoms with van der Waals surface area (Å²) >= 11 is 0. The van der Waals surface area contributed by atoms with Gasteiger partial charge in [0.2, 0.25) is 0 Å². The van der Waals surface area contributed by atoms with Crippen molar-refractivity contribution >= 4 is 0 Å². The Morgan fingerprint density at radius 1 is 0.680 bits per heavy atom. The summed E-state index contributed by atoms with van der Waals surface area (Å²) in [6, 6.07) is 7.02. The van der Waals surface area contributed by atoms with Crippen LogP contribution in [-0.4, -0.2) is 6.54 Å². The average Bonchev–Trinajstić information content (AvgIpc) is 2.63. The van der Waals surface area contributed by atoms with E-state index in [1.54, 1.807) is 6.07 Å². The van der Waals surface area contributed by atoms with Gasteiger partial charge in [-0.3, -0.25) is 0 Å². The fourth-order valence-corrected chi connectivity index (χ4v) is 3.31. The van der Waals surface area contributed by atoms with E-state index in [1.165, 1.54) is 96.0 Å². The van der Waals surface area contributed by atoms with Crippen molar-refractivity contribution in [2.75, 3.05) is 6.54 Å². The average molecular weight is 350 g/mol. The Morgan fingerprint density at radius 2 is 1.16 bits per heavy atom. The molecule has 0 heterocycles. The van der Waals surface area contributed by atoms with E-state index >= 15 is 0 Å². The summed E-state index contributed by atoms with van der Waals surface area (Å²) in [6.45, 7) is 3.92. The van der Waals surface area contributed by atoms with Crippen LogP contribution in [0.2, 0.25) is 0 Å². The second kappa shape index (κ2) is 16.6. The van der Waals surface area contributed by atoms with Crippen LogP contribution in [0.1, 0.15) is 102 Å². The molecular formula is C23H40FN. The van der Waals surface area contributed by atoms with E-state index in [4.69, 9.17) is 0 Å². The first-order valence-electron chi connectivity index (χ1n) is 10.8. The molecule has 1 nitrogen and oxygen atoms in total. The van der Waals surface area contributed by atoms with E-state index in [2.05, 4.69) is 12.2 Å². The largest absolute Gasteiger partial charge is 0.313 e. The summed E-state index contributed by atoms with van der Waals surface area (Å²) < 4.78 is 13.4. The fraction of sp³-hybridized carbons (Fsp3) is 0.739. The maximum atomic E-state index is 13.4. The zero-order valence-corrected chi connectivity index (χ0v) is 16.5. The van der Waals surface area contributed by atoms with Crippen molar-refractivity contribution in [1.82, 2.24) is 5.32 Å². The molecule has 1 aromatic rings. The Hall–Kier alpha value is -0.890. The molecule has 2 heteroatoms. The zero-order chi connectivity index (χ0) is 18.0. The zero-order valence-electron chi connectivity index (χ0n) is 16.5. The van der Waals surface area contributed by atoms with Crippen LogP contribution in [0.5, 0.6) is 0 Å².